The second-order valence-electron chi connectivity index (χ2n) is 39.8. The maximum absolute atomic E-state index is 12.4. The van der Waals surface area contributed by atoms with Gasteiger partial charge in [0.2, 0.25) is 0 Å². The normalized spacial score (nSPS) is 21.4. The lowest BCUT2D eigenvalue weighted by atomic mass is 9.50. The summed E-state index contributed by atoms with van der Waals surface area (Å²) in [5, 5.41) is 0. The zero-order valence-electron chi connectivity index (χ0n) is 80.5. The van der Waals surface area contributed by atoms with Gasteiger partial charge in [0.05, 0.1) is 28.9 Å². The highest BCUT2D eigenvalue weighted by Crippen LogP contribution is 2.59. The monoisotopic (exact) mass is 1720 g/mol. The number of benzene rings is 6. The largest absolute Gasteiger partial charge is 0.482 e. The standard InChI is InChI=1S/C24H38O4.C21H28O3.C18H26O3.C17H24O2.C16H22O2.C13H18O2/c1-17-15-24(28-20(4)26-22-13-9-6-10-14-22)18(2)16-23(17)27-19(3)25-21-11-7-5-8-12-21;1-13-4-14(2)6-19(5-13)23-12-20(22)24-21(3)17-8-15-7-16(10-17)11-18(21)9-15;1-4-18(8-6-5-7-9-18)21-17(19)13-20-16-11-14(2)10-15(3)12-16;1-4-17(8-6-5-7-9-17)19-16(18)15-11-13(2)10-14(3)12-15;1-12-9-13(2)11-14(10-12)15(17)18-16(3)7-5-4-6-8-16;1-9-6-10(2)8-11(7-9)12(14)15-13(3,4)5/h15-16,19-22H,5-14H2,1-4H3;4-6,15-18H,7-12H2,1-3H3;10-12H,4-9,13H2,1-3H3;10-12H,4-9H2,1-3H3;9-11H,4-8H2,1-3H3;6-8H,1-5H3. The molecule has 0 aliphatic heterocycles. The molecule has 9 aliphatic rings. The van der Waals surface area contributed by atoms with Crippen LogP contribution in [-0.4, -0.2) is 95.9 Å². The number of aryl methyl sites for hydroxylation is 12. The van der Waals surface area contributed by atoms with Crippen molar-refractivity contribution in [1.82, 2.24) is 0 Å². The Morgan fingerprint density at radius 3 is 1.01 bits per heavy atom. The molecule has 9 aliphatic carbocycles. The Labute approximate surface area is 751 Å². The number of rotatable bonds is 23. The minimum absolute atomic E-state index is 0.00474. The lowest BCUT2D eigenvalue weighted by Crippen LogP contribution is -2.58. The third kappa shape index (κ3) is 32.5. The van der Waals surface area contributed by atoms with Crippen molar-refractivity contribution < 1.29 is 76.1 Å². The Balaban J connectivity index is 0.000000172. The molecule has 16 heteroatoms. The van der Waals surface area contributed by atoms with E-state index in [9.17, 15) is 24.0 Å². The number of ether oxygens (including phenoxy) is 11. The van der Waals surface area contributed by atoms with Crippen molar-refractivity contribution in [3.63, 3.8) is 0 Å². The van der Waals surface area contributed by atoms with Gasteiger partial charge in [0.25, 0.3) is 0 Å². The van der Waals surface area contributed by atoms with Crippen LogP contribution in [0.1, 0.15) is 366 Å². The minimum atomic E-state index is -0.436. The van der Waals surface area contributed by atoms with Crippen molar-refractivity contribution in [2.45, 2.75) is 404 Å². The molecular formula is C109H156O16. The number of hydrogen-bond acceptors (Lipinski definition) is 16. The fraction of sp³-hybridized carbons (Fsp3) is 0.624. The lowest BCUT2D eigenvalue weighted by molar-refractivity contribution is -0.204. The molecule has 6 aromatic rings. The molecule has 0 N–H and O–H groups in total. The smallest absolute Gasteiger partial charge is 0.344 e. The highest BCUT2D eigenvalue weighted by Gasteiger charge is 2.57. The second kappa shape index (κ2) is 47.2. The SMILES string of the molecule is CCC1(OC(=O)COc2cc(C)cc(C)c2)CCCCC1.CCC1(OC(=O)c2cc(C)cc(C)c2)CCCCC1.Cc1cc(C)cc(C(=O)OC(C)(C)C)c1.Cc1cc(C)cc(C(=O)OC2(C)CCCCC2)c1.Cc1cc(C)cc(OCC(=O)OC2(C)C3CC4CC(C3)CC2C4)c1.Cc1cc(OC(C)OC2CCCCC2)c(C)cc1OC(C)OC1CCCCC1. The van der Waals surface area contributed by atoms with Gasteiger partial charge in [-0.1, -0.05) is 135 Å². The van der Waals surface area contributed by atoms with Gasteiger partial charge in [0.1, 0.15) is 51.0 Å². The van der Waals surface area contributed by atoms with E-state index in [1.807, 2.05) is 171 Å². The molecule has 2 atom stereocenters. The molecule has 688 valence electrons. The minimum Gasteiger partial charge on any atom is -0.482 e. The zero-order valence-corrected chi connectivity index (χ0v) is 80.5. The van der Waals surface area contributed by atoms with Gasteiger partial charge in [-0.2, -0.15) is 0 Å². The summed E-state index contributed by atoms with van der Waals surface area (Å²) >= 11 is 0. The first-order valence-corrected chi connectivity index (χ1v) is 47.8. The van der Waals surface area contributed by atoms with Gasteiger partial charge in [0.15, 0.2) is 25.8 Å². The molecule has 4 bridgehead atoms. The molecular weight excluding hydrogens is 1570 g/mol. The van der Waals surface area contributed by atoms with Gasteiger partial charge in [-0.3, -0.25) is 0 Å². The van der Waals surface area contributed by atoms with E-state index < -0.39 is 5.60 Å². The summed E-state index contributed by atoms with van der Waals surface area (Å²) in [6.07, 6.45) is 37.5. The summed E-state index contributed by atoms with van der Waals surface area (Å²) in [6.45, 7) is 42.3. The van der Waals surface area contributed by atoms with Gasteiger partial charge in [-0.25, -0.2) is 24.0 Å². The van der Waals surface area contributed by atoms with Crippen LogP contribution in [0.2, 0.25) is 0 Å². The van der Waals surface area contributed by atoms with Crippen LogP contribution in [0.25, 0.3) is 0 Å². The van der Waals surface area contributed by atoms with E-state index in [2.05, 4.69) is 77.9 Å². The van der Waals surface area contributed by atoms with Crippen molar-refractivity contribution in [3.05, 3.63) is 187 Å². The van der Waals surface area contributed by atoms with Gasteiger partial charge in [-0.05, 0) is 409 Å². The van der Waals surface area contributed by atoms with Gasteiger partial charge < -0.3 is 52.1 Å². The average Bonchev–Trinajstić information content (AvgIpc) is 0.732. The predicted molar refractivity (Wildman–Crippen MR) is 500 cm³/mol. The van der Waals surface area contributed by atoms with Crippen molar-refractivity contribution in [1.29, 1.82) is 0 Å². The molecule has 125 heavy (non-hydrogen) atoms. The lowest BCUT2D eigenvalue weighted by Gasteiger charge is -2.59. The van der Waals surface area contributed by atoms with E-state index in [1.165, 1.54) is 103 Å². The Morgan fingerprint density at radius 1 is 0.360 bits per heavy atom. The van der Waals surface area contributed by atoms with Crippen LogP contribution < -0.4 is 18.9 Å². The molecule has 9 fully saturated rings. The van der Waals surface area contributed by atoms with Crippen molar-refractivity contribution in [3.8, 4) is 23.0 Å². The molecule has 0 spiro atoms. The molecule has 15 rings (SSSR count). The van der Waals surface area contributed by atoms with Gasteiger partial charge in [-0.15, -0.1) is 0 Å². The summed E-state index contributed by atoms with van der Waals surface area (Å²) in [5.41, 5.74) is 13.9. The summed E-state index contributed by atoms with van der Waals surface area (Å²) in [7, 11) is 0. The summed E-state index contributed by atoms with van der Waals surface area (Å²) < 4.78 is 64.4. The van der Waals surface area contributed by atoms with Crippen LogP contribution in [-0.2, 0) is 42.7 Å². The average molecular weight is 1720 g/mol. The molecule has 2 unspecified atom stereocenters. The number of esters is 5. The van der Waals surface area contributed by atoms with Crippen molar-refractivity contribution in [2.24, 2.45) is 23.7 Å². The molecule has 16 nitrogen and oxygen atoms in total. The quantitative estimate of drug-likeness (QED) is 0.0334. The fourth-order valence-corrected chi connectivity index (χ4v) is 20.5. The van der Waals surface area contributed by atoms with Gasteiger partial charge >= 0.3 is 29.8 Å². The molecule has 0 heterocycles. The predicted octanol–water partition coefficient (Wildman–Crippen LogP) is 27.2. The Morgan fingerprint density at radius 2 is 0.664 bits per heavy atom. The van der Waals surface area contributed by atoms with Crippen LogP contribution in [0.15, 0.2) is 103 Å². The summed E-state index contributed by atoms with van der Waals surface area (Å²) in [6, 6.07) is 33.6. The first kappa shape index (κ1) is 101. The maximum atomic E-state index is 12.4. The van der Waals surface area contributed by atoms with Crippen LogP contribution in [0.5, 0.6) is 23.0 Å². The zero-order chi connectivity index (χ0) is 90.8. The van der Waals surface area contributed by atoms with Crippen LogP contribution in [0.3, 0.4) is 0 Å². The summed E-state index contributed by atoms with van der Waals surface area (Å²) in [4.78, 5) is 60.8. The van der Waals surface area contributed by atoms with E-state index in [-0.39, 0.29) is 78.0 Å². The maximum Gasteiger partial charge on any atom is 0.344 e. The van der Waals surface area contributed by atoms with Crippen LogP contribution >= 0.6 is 0 Å². The highest BCUT2D eigenvalue weighted by atomic mass is 16.7. The van der Waals surface area contributed by atoms with Crippen LogP contribution in [0, 0.1) is 107 Å². The Bertz CT molecular complexity index is 4270. The van der Waals surface area contributed by atoms with Crippen molar-refractivity contribution >= 4 is 29.8 Å². The summed E-state index contributed by atoms with van der Waals surface area (Å²) in [5.74, 6) is 5.04. The van der Waals surface area contributed by atoms with Gasteiger partial charge in [0, 0.05) is 0 Å². The van der Waals surface area contributed by atoms with Crippen molar-refractivity contribution in [2.75, 3.05) is 13.2 Å². The number of carbonyl (C=O) groups excluding carboxylic acids is 5. The molecule has 0 saturated heterocycles. The van der Waals surface area contributed by atoms with Crippen LogP contribution in [0.4, 0.5) is 0 Å². The number of carbonyl (C=O) groups is 5. The van der Waals surface area contributed by atoms with E-state index >= 15 is 0 Å². The second-order valence-corrected chi connectivity index (χ2v) is 39.8. The Kier molecular flexibility index (Phi) is 38.0. The third-order valence-corrected chi connectivity index (χ3v) is 26.6. The molecule has 0 amide bonds. The van der Waals surface area contributed by atoms with E-state index in [0.29, 0.717) is 40.7 Å². The fourth-order valence-electron chi connectivity index (χ4n) is 20.5. The third-order valence-electron chi connectivity index (χ3n) is 26.6. The first-order chi connectivity index (χ1) is 59.3. The molecule has 0 aromatic heterocycles. The first-order valence-electron chi connectivity index (χ1n) is 47.8. The van der Waals surface area contributed by atoms with E-state index in [1.54, 1.807) is 0 Å². The Hall–Kier alpha value is -8.21. The van der Waals surface area contributed by atoms with E-state index in [4.69, 9.17) is 52.1 Å². The highest BCUT2D eigenvalue weighted by molar-refractivity contribution is 5.91. The molecule has 0 radical (unpaired) electrons. The topological polar surface area (TPSA) is 187 Å². The molecule has 9 saturated carbocycles. The number of hydrogen-bond donors (Lipinski definition) is 0. The molecule has 6 aromatic carbocycles. The van der Waals surface area contributed by atoms with E-state index in [0.717, 1.165) is 204 Å².